The molecule has 1 aliphatic rings. The van der Waals surface area contributed by atoms with Crippen molar-refractivity contribution in [1.82, 2.24) is 30.9 Å². The van der Waals surface area contributed by atoms with Crippen molar-refractivity contribution in [2.75, 3.05) is 13.2 Å². The van der Waals surface area contributed by atoms with E-state index < -0.39 is 184 Å². The summed E-state index contributed by atoms with van der Waals surface area (Å²) < 4.78 is 19.1. The number of nitrogens with one attached hydrogen (secondary N) is 3. The SMILES string of the molecule is CC(C)[C@H](CC(=O)[C@H](CCC(=O)O)NC(=O)[C@H](CC(=O)O)CC(=O)C1OC(CNC(=O)Cn2cc(CCCF)nn2)C(O)C(O)C1O)C(=O)N[C@@H](CC(=O)O)C(=O)CCC(N)=O. The Morgan fingerprint density at radius 2 is 1.45 bits per heavy atom. The molecule has 1 fully saturated rings. The first-order valence-corrected chi connectivity index (χ1v) is 19.6. The zero-order chi connectivity index (χ0) is 46.8. The number of hydrogen-bond acceptors (Lipinski definition) is 16. The number of primary amides is 1. The van der Waals surface area contributed by atoms with E-state index in [0.29, 0.717) is 5.69 Å². The van der Waals surface area contributed by atoms with Gasteiger partial charge in [0.25, 0.3) is 0 Å². The summed E-state index contributed by atoms with van der Waals surface area (Å²) in [5.41, 5.74) is 5.49. The largest absolute Gasteiger partial charge is 0.481 e. The van der Waals surface area contributed by atoms with Crippen LogP contribution in [-0.4, -0.2) is 160 Å². The number of aromatic nitrogens is 3. The first-order chi connectivity index (χ1) is 29.0. The molecule has 2 heterocycles. The second-order valence-corrected chi connectivity index (χ2v) is 15.1. The fourth-order valence-corrected chi connectivity index (χ4v) is 6.39. The number of halogens is 1. The molecule has 346 valence electrons. The normalized spacial score (nSPS) is 20.5. The van der Waals surface area contributed by atoms with Crippen LogP contribution in [-0.2, 0) is 65.6 Å². The summed E-state index contributed by atoms with van der Waals surface area (Å²) in [5, 5.41) is 74.5. The highest BCUT2D eigenvalue weighted by Gasteiger charge is 2.47. The number of ketones is 3. The molecule has 9 atom stereocenters. The van der Waals surface area contributed by atoms with E-state index in [1.54, 1.807) is 0 Å². The van der Waals surface area contributed by atoms with Crippen LogP contribution < -0.4 is 21.7 Å². The number of alkyl halides is 1. The standard InChI is InChI=1S/C37H54FN7O17/c1-17(2)20(37(61)42-22(13-31(55)56)23(46)6-7-27(39)49)12-24(47)21(5-8-29(51)52)41-36(60)18(11-30(53)54)10-25(48)35-34(59)33(58)32(57)26(62-35)14-40-28(50)16-45-15-19(43-44-45)4-3-9-38/h15,17-18,20-22,26,32-35,57-59H,3-14,16H2,1-2H3,(H2,39,49)(H,40,50)(H,41,60)(H,42,61)(H,51,52)(H,53,54)(H,55,56)/t18-,20-,21-,22-,26?,32?,33?,34?,35?/m0/s1. The van der Waals surface area contributed by atoms with Gasteiger partial charge in [-0.2, -0.15) is 0 Å². The number of hydrogen-bond donors (Lipinski definition) is 10. The molecule has 0 radical (unpaired) electrons. The van der Waals surface area contributed by atoms with Crippen molar-refractivity contribution in [2.45, 2.75) is 127 Å². The molecule has 11 N–H and O–H groups in total. The van der Waals surface area contributed by atoms with Gasteiger partial charge in [0, 0.05) is 50.8 Å². The van der Waals surface area contributed by atoms with Crippen LogP contribution in [0.3, 0.4) is 0 Å². The summed E-state index contributed by atoms with van der Waals surface area (Å²) >= 11 is 0. The lowest BCUT2D eigenvalue weighted by atomic mass is 9.86. The highest BCUT2D eigenvalue weighted by Crippen LogP contribution is 2.25. The number of carbonyl (C=O) groups excluding carboxylic acids is 7. The number of ether oxygens (including phenoxy) is 1. The highest BCUT2D eigenvalue weighted by molar-refractivity contribution is 5.97. The molecule has 0 aromatic carbocycles. The number of carbonyl (C=O) groups is 10. The number of aliphatic hydroxyl groups excluding tert-OH is 3. The van der Waals surface area contributed by atoms with Gasteiger partial charge in [-0.05, 0) is 25.2 Å². The molecule has 4 amide bonds. The average Bonchev–Trinajstić information content (AvgIpc) is 3.63. The molecular formula is C37H54FN7O17. The number of aliphatic carboxylic acids is 3. The van der Waals surface area contributed by atoms with Gasteiger partial charge in [-0.1, -0.05) is 19.1 Å². The van der Waals surface area contributed by atoms with Crippen molar-refractivity contribution in [3.63, 3.8) is 0 Å². The van der Waals surface area contributed by atoms with E-state index in [-0.39, 0.29) is 19.4 Å². The Kier molecular flexibility index (Phi) is 21.3. The number of amides is 4. The molecule has 0 spiro atoms. The number of rotatable bonds is 29. The van der Waals surface area contributed by atoms with Crippen molar-refractivity contribution in [3.8, 4) is 0 Å². The van der Waals surface area contributed by atoms with E-state index >= 15 is 0 Å². The number of aliphatic hydroxyl groups is 3. The molecule has 62 heavy (non-hydrogen) atoms. The van der Waals surface area contributed by atoms with Gasteiger partial charge in [0.1, 0.15) is 37.1 Å². The molecule has 1 aromatic rings. The van der Waals surface area contributed by atoms with Gasteiger partial charge in [0.05, 0.1) is 43.2 Å². The van der Waals surface area contributed by atoms with Gasteiger partial charge in [-0.25, -0.2) is 4.68 Å². The predicted molar refractivity (Wildman–Crippen MR) is 204 cm³/mol. The first-order valence-electron chi connectivity index (χ1n) is 19.6. The van der Waals surface area contributed by atoms with Crippen LogP contribution in [0.15, 0.2) is 6.20 Å². The Bertz CT molecular complexity index is 1790. The molecule has 5 unspecified atom stereocenters. The van der Waals surface area contributed by atoms with Crippen LogP contribution in [0.1, 0.15) is 77.3 Å². The Morgan fingerprint density at radius 3 is 2.03 bits per heavy atom. The van der Waals surface area contributed by atoms with E-state index in [0.717, 1.165) is 4.68 Å². The van der Waals surface area contributed by atoms with Gasteiger partial charge < -0.3 is 57.1 Å². The number of Topliss-reactive ketones (excluding diaryl/α,β-unsaturated/α-hetero) is 3. The molecule has 1 saturated heterocycles. The zero-order valence-electron chi connectivity index (χ0n) is 34.0. The quantitative estimate of drug-likeness (QED) is 0.0374. The topological polar surface area (TPSA) is 394 Å². The minimum atomic E-state index is -2.10. The number of nitrogens with two attached hydrogens (primary N) is 1. The maximum absolute atomic E-state index is 13.7. The lowest BCUT2D eigenvalue weighted by Gasteiger charge is -2.40. The molecule has 0 aliphatic carbocycles. The van der Waals surface area contributed by atoms with Crippen molar-refractivity contribution in [1.29, 1.82) is 0 Å². The smallest absolute Gasteiger partial charge is 0.305 e. The third-order valence-electron chi connectivity index (χ3n) is 9.84. The van der Waals surface area contributed by atoms with E-state index in [2.05, 4.69) is 26.3 Å². The van der Waals surface area contributed by atoms with Crippen molar-refractivity contribution in [3.05, 3.63) is 11.9 Å². The van der Waals surface area contributed by atoms with Crippen LogP contribution in [0.2, 0.25) is 0 Å². The lowest BCUT2D eigenvalue weighted by molar-refractivity contribution is -0.218. The Hall–Kier alpha value is -5.79. The van der Waals surface area contributed by atoms with Gasteiger partial charge in [0.2, 0.25) is 23.6 Å². The summed E-state index contributed by atoms with van der Waals surface area (Å²) in [4.78, 5) is 125. The van der Waals surface area contributed by atoms with E-state index in [1.807, 2.05) is 0 Å². The fraction of sp³-hybridized carbons (Fsp3) is 0.676. The molecular weight excluding hydrogens is 833 g/mol. The van der Waals surface area contributed by atoms with Crippen molar-refractivity contribution < 1.29 is 87.7 Å². The van der Waals surface area contributed by atoms with E-state index in [4.69, 9.17) is 10.5 Å². The molecule has 0 saturated carbocycles. The molecule has 2 rings (SSSR count). The highest BCUT2D eigenvalue weighted by atomic mass is 19.1. The van der Waals surface area contributed by atoms with Crippen molar-refractivity contribution in [2.24, 2.45) is 23.5 Å². The Morgan fingerprint density at radius 1 is 0.806 bits per heavy atom. The Labute approximate surface area is 353 Å². The molecule has 25 heteroatoms. The fourth-order valence-electron chi connectivity index (χ4n) is 6.39. The molecule has 1 aliphatic heterocycles. The summed E-state index contributed by atoms with van der Waals surface area (Å²) in [5.74, 6) is -14.9. The van der Waals surface area contributed by atoms with Gasteiger partial charge in [-0.3, -0.25) is 52.3 Å². The number of aryl methyl sites for hydroxylation is 1. The Balaban J connectivity index is 2.23. The zero-order valence-corrected chi connectivity index (χ0v) is 34.0. The average molecular weight is 888 g/mol. The number of carboxylic acids is 3. The number of nitrogens with zero attached hydrogens (tertiary/aromatic N) is 3. The summed E-state index contributed by atoms with van der Waals surface area (Å²) in [6.45, 7) is 1.52. The van der Waals surface area contributed by atoms with Gasteiger partial charge >= 0.3 is 17.9 Å². The summed E-state index contributed by atoms with van der Waals surface area (Å²) in [6.07, 6.45) is -13.4. The summed E-state index contributed by atoms with van der Waals surface area (Å²) in [6, 6.07) is -3.30. The van der Waals surface area contributed by atoms with Crippen LogP contribution in [0.4, 0.5) is 4.39 Å². The van der Waals surface area contributed by atoms with Crippen LogP contribution >= 0.6 is 0 Å². The second-order valence-electron chi connectivity index (χ2n) is 15.1. The van der Waals surface area contributed by atoms with Crippen molar-refractivity contribution >= 4 is 58.9 Å². The maximum Gasteiger partial charge on any atom is 0.305 e. The maximum atomic E-state index is 13.7. The predicted octanol–water partition coefficient (Wildman–Crippen LogP) is -3.43. The van der Waals surface area contributed by atoms with Crippen LogP contribution in [0.5, 0.6) is 0 Å². The minimum Gasteiger partial charge on any atom is -0.481 e. The first kappa shape index (κ1) is 52.3. The molecule has 1 aromatic heterocycles. The minimum absolute atomic E-state index is 0.195. The van der Waals surface area contributed by atoms with Gasteiger partial charge in [0.15, 0.2) is 17.3 Å². The second kappa shape index (κ2) is 25.2. The monoisotopic (exact) mass is 887 g/mol. The molecule has 0 bridgehead atoms. The molecule has 24 nitrogen and oxygen atoms in total. The van der Waals surface area contributed by atoms with Crippen LogP contribution in [0, 0.1) is 17.8 Å². The van der Waals surface area contributed by atoms with Gasteiger partial charge in [-0.15, -0.1) is 5.10 Å². The third-order valence-corrected chi connectivity index (χ3v) is 9.84. The van der Waals surface area contributed by atoms with E-state index in [1.165, 1.54) is 20.0 Å². The van der Waals surface area contributed by atoms with Crippen LogP contribution in [0.25, 0.3) is 0 Å². The third kappa shape index (κ3) is 17.3. The lowest BCUT2D eigenvalue weighted by Crippen LogP contribution is -2.62. The number of carboxylic acid groups (broad SMARTS) is 3. The van der Waals surface area contributed by atoms with E-state index in [9.17, 15) is 83.0 Å². The summed E-state index contributed by atoms with van der Waals surface area (Å²) in [7, 11) is 0.